The molecular weight excluding hydrogens is 711 g/mol. The van der Waals surface area contributed by atoms with Gasteiger partial charge in [-0.25, -0.2) is 4.99 Å². The molecule has 0 spiro atoms. The van der Waals surface area contributed by atoms with Crippen molar-refractivity contribution in [3.05, 3.63) is 198 Å². The number of carbonyl (C=O) groups is 1. The number of rotatable bonds is 9. The van der Waals surface area contributed by atoms with Gasteiger partial charge < -0.3 is 14.6 Å². The van der Waals surface area contributed by atoms with Crippen LogP contribution < -0.4 is 24.9 Å². The molecule has 10 nitrogen and oxygen atoms in total. The SMILES string of the molecule is COc1ccc([C@H]2C(C(=O)Nc3ccccc3)=C(C)N=c3s/c(=C/c4cc(-c5ccccc5)n(-c5ccc([N+](=O)[O-])cc5)c4-c4ccccc4)c(=O)n32)cc1. The summed E-state index contributed by atoms with van der Waals surface area (Å²) in [6, 6.07) is 43.9. The minimum absolute atomic E-state index is 0.0155. The maximum atomic E-state index is 14.8. The first-order valence-corrected chi connectivity index (χ1v) is 18.3. The molecule has 1 atom stereocenters. The molecule has 7 aromatic rings. The summed E-state index contributed by atoms with van der Waals surface area (Å²) in [6.07, 6.45) is 1.87. The third-order valence-corrected chi connectivity index (χ3v) is 10.5. The van der Waals surface area contributed by atoms with E-state index in [1.54, 1.807) is 30.7 Å². The number of nitrogens with one attached hydrogen (secondary N) is 1. The van der Waals surface area contributed by atoms with E-state index in [1.807, 2.05) is 127 Å². The summed E-state index contributed by atoms with van der Waals surface area (Å²) in [5.41, 5.74) is 6.79. The molecule has 1 amide bonds. The maximum Gasteiger partial charge on any atom is 0.271 e. The highest BCUT2D eigenvalue weighted by molar-refractivity contribution is 7.07. The van der Waals surface area contributed by atoms with Gasteiger partial charge in [0, 0.05) is 29.1 Å². The molecule has 8 rings (SSSR count). The summed E-state index contributed by atoms with van der Waals surface area (Å²) >= 11 is 1.25. The Morgan fingerprint density at radius 1 is 0.855 bits per heavy atom. The Hall–Kier alpha value is -7.11. The smallest absolute Gasteiger partial charge is 0.271 e. The number of allylic oxidation sites excluding steroid dienone is 1. The molecule has 0 unspecified atom stereocenters. The lowest BCUT2D eigenvalue weighted by molar-refractivity contribution is -0.384. The van der Waals surface area contributed by atoms with Crippen LogP contribution in [-0.4, -0.2) is 27.1 Å². The zero-order chi connectivity index (χ0) is 38.1. The first-order chi connectivity index (χ1) is 26.8. The number of methoxy groups -OCH3 is 1. The fraction of sp³-hybridized carbons (Fsp3) is 0.0682. The van der Waals surface area contributed by atoms with Gasteiger partial charge in [-0.15, -0.1) is 0 Å². The number of fused-ring (bicyclic) bond motifs is 1. The van der Waals surface area contributed by atoms with Crippen molar-refractivity contribution in [3.8, 4) is 34.0 Å². The van der Waals surface area contributed by atoms with Crippen LogP contribution in [0.1, 0.15) is 24.1 Å². The number of non-ortho nitro benzene ring substituents is 1. The van der Waals surface area contributed by atoms with Crippen LogP contribution >= 0.6 is 11.3 Å². The Morgan fingerprint density at radius 2 is 1.47 bits per heavy atom. The number of thiazole rings is 1. The van der Waals surface area contributed by atoms with Gasteiger partial charge in [0.05, 0.1) is 45.3 Å². The Morgan fingerprint density at radius 3 is 2.09 bits per heavy atom. The number of hydrogen-bond acceptors (Lipinski definition) is 7. The Kier molecular flexibility index (Phi) is 9.36. The van der Waals surface area contributed by atoms with Crippen molar-refractivity contribution < 1.29 is 14.5 Å². The first-order valence-electron chi connectivity index (χ1n) is 17.4. The van der Waals surface area contributed by atoms with Crippen LogP contribution in [0.25, 0.3) is 34.3 Å². The monoisotopic (exact) mass is 743 g/mol. The second kappa shape index (κ2) is 14.7. The first kappa shape index (κ1) is 34.9. The van der Waals surface area contributed by atoms with E-state index < -0.39 is 11.0 Å². The number of para-hydroxylation sites is 1. The molecule has 11 heteroatoms. The van der Waals surface area contributed by atoms with Crippen molar-refractivity contribution in [1.29, 1.82) is 0 Å². The molecule has 1 N–H and O–H groups in total. The van der Waals surface area contributed by atoms with Crippen molar-refractivity contribution >= 4 is 34.7 Å². The predicted molar refractivity (Wildman–Crippen MR) is 215 cm³/mol. The number of nitrogens with zero attached hydrogens (tertiary/aromatic N) is 4. The highest BCUT2D eigenvalue weighted by atomic mass is 32.1. The Labute approximate surface area is 319 Å². The molecule has 55 heavy (non-hydrogen) atoms. The molecule has 0 bridgehead atoms. The molecule has 0 saturated carbocycles. The van der Waals surface area contributed by atoms with Gasteiger partial charge in [0.15, 0.2) is 4.80 Å². The summed E-state index contributed by atoms with van der Waals surface area (Å²) in [4.78, 5) is 45.3. The Bertz CT molecular complexity index is 2770. The third kappa shape index (κ3) is 6.68. The second-order valence-electron chi connectivity index (χ2n) is 12.8. The molecule has 0 fully saturated rings. The van der Waals surface area contributed by atoms with Crippen molar-refractivity contribution in [2.75, 3.05) is 12.4 Å². The largest absolute Gasteiger partial charge is 0.497 e. The number of amides is 1. The van der Waals surface area contributed by atoms with Gasteiger partial charge in [0.1, 0.15) is 5.75 Å². The van der Waals surface area contributed by atoms with Crippen molar-refractivity contribution in [2.45, 2.75) is 13.0 Å². The number of hydrogen-bond donors (Lipinski definition) is 1. The minimum Gasteiger partial charge on any atom is -0.497 e. The van der Waals surface area contributed by atoms with Gasteiger partial charge in [-0.2, -0.15) is 0 Å². The number of nitro benzene ring substituents is 1. The summed E-state index contributed by atoms with van der Waals surface area (Å²) < 4.78 is 9.50. The van der Waals surface area contributed by atoms with Gasteiger partial charge in [-0.3, -0.25) is 24.3 Å². The van der Waals surface area contributed by atoms with E-state index in [0.29, 0.717) is 37.7 Å². The number of anilines is 1. The van der Waals surface area contributed by atoms with E-state index >= 15 is 0 Å². The van der Waals surface area contributed by atoms with Crippen molar-refractivity contribution in [1.82, 2.24) is 9.13 Å². The number of carbonyl (C=O) groups excluding carboxylic acids is 1. The average Bonchev–Trinajstić information content (AvgIpc) is 3.75. The molecule has 2 aromatic heterocycles. The van der Waals surface area contributed by atoms with Gasteiger partial charge in [-0.1, -0.05) is 102 Å². The quantitative estimate of drug-likeness (QED) is 0.119. The highest BCUT2D eigenvalue weighted by Gasteiger charge is 2.33. The molecular formula is C44H33N5O5S. The summed E-state index contributed by atoms with van der Waals surface area (Å²) in [5, 5.41) is 14.6. The summed E-state index contributed by atoms with van der Waals surface area (Å²) in [6.45, 7) is 1.79. The zero-order valence-electron chi connectivity index (χ0n) is 29.7. The topological polar surface area (TPSA) is 121 Å². The number of ether oxygens (including phenoxy) is 1. The molecule has 270 valence electrons. The van der Waals surface area contributed by atoms with Crippen LogP contribution in [0.2, 0.25) is 0 Å². The van der Waals surface area contributed by atoms with E-state index in [0.717, 1.165) is 33.6 Å². The molecule has 1 aliphatic heterocycles. The highest BCUT2D eigenvalue weighted by Crippen LogP contribution is 2.37. The normalized spacial score (nSPS) is 13.9. The second-order valence-corrected chi connectivity index (χ2v) is 13.9. The average molecular weight is 744 g/mol. The van der Waals surface area contributed by atoms with Crippen LogP contribution in [0, 0.1) is 10.1 Å². The molecule has 3 heterocycles. The van der Waals surface area contributed by atoms with Crippen LogP contribution in [0.15, 0.2) is 167 Å². The van der Waals surface area contributed by atoms with E-state index in [9.17, 15) is 19.7 Å². The maximum absolute atomic E-state index is 14.8. The number of aromatic nitrogens is 2. The summed E-state index contributed by atoms with van der Waals surface area (Å²) in [7, 11) is 1.59. The fourth-order valence-electron chi connectivity index (χ4n) is 6.92. The molecule has 1 aliphatic rings. The van der Waals surface area contributed by atoms with Crippen LogP contribution in [0.4, 0.5) is 11.4 Å². The minimum atomic E-state index is -0.772. The lowest BCUT2D eigenvalue weighted by Gasteiger charge is -2.25. The van der Waals surface area contributed by atoms with Gasteiger partial charge in [0.2, 0.25) is 0 Å². The predicted octanol–water partition coefficient (Wildman–Crippen LogP) is 7.92. The van der Waals surface area contributed by atoms with E-state index in [-0.39, 0.29) is 17.2 Å². The molecule has 0 aliphatic carbocycles. The lowest BCUT2D eigenvalue weighted by atomic mass is 9.95. The lowest BCUT2D eigenvalue weighted by Crippen LogP contribution is -2.40. The van der Waals surface area contributed by atoms with E-state index in [1.165, 1.54) is 23.5 Å². The van der Waals surface area contributed by atoms with Crippen molar-refractivity contribution in [2.24, 2.45) is 4.99 Å². The standard InChI is InChI=1S/C44H33N5O5S/c1-28-39(42(50)46-33-16-10-5-11-17-33)41(31-18-24-36(54-2)25-19-31)48-43(51)38(55-44(48)45-28)27-32-26-37(29-12-6-3-7-13-29)47(40(32)30-14-8-4-9-15-30)34-20-22-35(23-21-34)49(52)53/h3-27,41H,1-2H3,(H,46,50)/b38-27+/t41-/m0/s1. The molecule has 5 aromatic carbocycles. The molecule has 0 radical (unpaired) electrons. The third-order valence-electron chi connectivity index (χ3n) is 9.48. The Balaban J connectivity index is 1.35. The number of nitro groups is 1. The summed E-state index contributed by atoms with van der Waals surface area (Å²) in [5.74, 6) is 0.286. The van der Waals surface area contributed by atoms with Crippen LogP contribution in [0.3, 0.4) is 0 Å². The van der Waals surface area contributed by atoms with E-state index in [4.69, 9.17) is 9.73 Å². The van der Waals surface area contributed by atoms with Crippen LogP contribution in [-0.2, 0) is 4.79 Å². The van der Waals surface area contributed by atoms with Gasteiger partial charge in [-0.05, 0) is 72.2 Å². The van der Waals surface area contributed by atoms with E-state index in [2.05, 4.69) is 9.88 Å². The molecule has 0 saturated heterocycles. The van der Waals surface area contributed by atoms with Gasteiger partial charge in [0.25, 0.3) is 17.2 Å². The zero-order valence-corrected chi connectivity index (χ0v) is 30.6. The number of benzene rings is 5. The fourth-order valence-corrected chi connectivity index (χ4v) is 7.96. The van der Waals surface area contributed by atoms with Crippen LogP contribution in [0.5, 0.6) is 5.75 Å². The van der Waals surface area contributed by atoms with Gasteiger partial charge >= 0.3 is 0 Å². The van der Waals surface area contributed by atoms with Crippen molar-refractivity contribution in [3.63, 3.8) is 0 Å².